The van der Waals surface area contributed by atoms with Crippen LogP contribution in [0, 0.1) is 13.8 Å². The van der Waals surface area contributed by atoms with Crippen molar-refractivity contribution in [2.75, 3.05) is 6.61 Å². The molecule has 1 aromatic rings. The molecule has 1 heterocycles. The van der Waals surface area contributed by atoms with Gasteiger partial charge in [0.1, 0.15) is 6.54 Å². The first-order chi connectivity index (χ1) is 7.15. The van der Waals surface area contributed by atoms with Crippen LogP contribution in [0.3, 0.4) is 0 Å². The lowest BCUT2D eigenvalue weighted by Gasteiger charge is -2.06. The van der Waals surface area contributed by atoms with Crippen molar-refractivity contribution in [3.63, 3.8) is 0 Å². The van der Waals surface area contributed by atoms with Crippen LogP contribution in [0.4, 0.5) is 0 Å². The SMILES string of the molecule is CCCCOC(=O)Cn1cnc(C)c1C. The number of nitrogens with zero attached hydrogens (tertiary/aromatic N) is 2. The average Bonchev–Trinajstić information content (AvgIpc) is 2.50. The summed E-state index contributed by atoms with van der Waals surface area (Å²) in [6, 6.07) is 0. The summed E-state index contributed by atoms with van der Waals surface area (Å²) in [5.74, 6) is -0.191. The van der Waals surface area contributed by atoms with Crippen molar-refractivity contribution < 1.29 is 9.53 Å². The van der Waals surface area contributed by atoms with E-state index in [0.717, 1.165) is 24.2 Å². The number of unbranched alkanes of at least 4 members (excludes halogenated alkanes) is 1. The molecule has 0 radical (unpaired) electrons. The molecule has 0 aliphatic rings. The second-order valence-electron chi connectivity index (χ2n) is 3.62. The van der Waals surface area contributed by atoms with Gasteiger partial charge in [-0.25, -0.2) is 4.98 Å². The molecular formula is C11H18N2O2. The second-order valence-corrected chi connectivity index (χ2v) is 3.62. The van der Waals surface area contributed by atoms with Gasteiger partial charge in [-0.3, -0.25) is 4.79 Å². The molecule has 4 heteroatoms. The standard InChI is InChI=1S/C11H18N2O2/c1-4-5-6-15-11(14)7-13-8-12-9(2)10(13)3/h8H,4-7H2,1-3H3. The lowest BCUT2D eigenvalue weighted by atomic mass is 10.3. The first-order valence-corrected chi connectivity index (χ1v) is 5.29. The van der Waals surface area contributed by atoms with Crippen LogP contribution in [0.2, 0.25) is 0 Å². The quantitative estimate of drug-likeness (QED) is 0.550. The Morgan fingerprint density at radius 1 is 1.53 bits per heavy atom. The number of hydrogen-bond acceptors (Lipinski definition) is 3. The Morgan fingerprint density at radius 3 is 2.80 bits per heavy atom. The summed E-state index contributed by atoms with van der Waals surface area (Å²) in [5, 5.41) is 0. The molecule has 0 N–H and O–H groups in total. The third kappa shape index (κ3) is 3.38. The molecule has 84 valence electrons. The summed E-state index contributed by atoms with van der Waals surface area (Å²) < 4.78 is 6.87. The van der Waals surface area contributed by atoms with E-state index in [1.807, 2.05) is 18.4 Å². The van der Waals surface area contributed by atoms with Crippen LogP contribution >= 0.6 is 0 Å². The van der Waals surface area contributed by atoms with Crippen LogP contribution in [0.15, 0.2) is 6.33 Å². The van der Waals surface area contributed by atoms with Crippen molar-refractivity contribution in [2.24, 2.45) is 0 Å². The normalized spacial score (nSPS) is 10.3. The highest BCUT2D eigenvalue weighted by atomic mass is 16.5. The van der Waals surface area contributed by atoms with Crippen molar-refractivity contribution in [1.29, 1.82) is 0 Å². The van der Waals surface area contributed by atoms with Gasteiger partial charge in [0, 0.05) is 5.69 Å². The maximum Gasteiger partial charge on any atom is 0.325 e. The Kier molecular flexibility index (Phi) is 4.34. The zero-order valence-electron chi connectivity index (χ0n) is 9.62. The number of hydrogen-bond donors (Lipinski definition) is 0. The Labute approximate surface area is 90.3 Å². The number of rotatable bonds is 5. The molecule has 0 aromatic carbocycles. The molecule has 0 spiro atoms. The van der Waals surface area contributed by atoms with Crippen LogP contribution in [-0.2, 0) is 16.1 Å². The number of imidazole rings is 1. The number of esters is 1. The molecule has 0 aliphatic heterocycles. The van der Waals surface area contributed by atoms with Crippen LogP contribution in [0.5, 0.6) is 0 Å². The minimum Gasteiger partial charge on any atom is -0.464 e. The lowest BCUT2D eigenvalue weighted by molar-refractivity contribution is -0.144. The third-order valence-electron chi connectivity index (χ3n) is 2.41. The summed E-state index contributed by atoms with van der Waals surface area (Å²) in [4.78, 5) is 15.5. The van der Waals surface area contributed by atoms with Crippen molar-refractivity contribution in [1.82, 2.24) is 9.55 Å². The van der Waals surface area contributed by atoms with Crippen molar-refractivity contribution in [3.05, 3.63) is 17.7 Å². The summed E-state index contributed by atoms with van der Waals surface area (Å²) in [6.07, 6.45) is 3.63. The predicted octanol–water partition coefficient (Wildman–Crippen LogP) is 1.84. The largest absolute Gasteiger partial charge is 0.464 e. The van der Waals surface area contributed by atoms with Gasteiger partial charge in [-0.15, -0.1) is 0 Å². The summed E-state index contributed by atoms with van der Waals surface area (Å²) in [5.41, 5.74) is 1.97. The first-order valence-electron chi connectivity index (χ1n) is 5.29. The zero-order chi connectivity index (χ0) is 11.3. The van der Waals surface area contributed by atoms with Gasteiger partial charge < -0.3 is 9.30 Å². The van der Waals surface area contributed by atoms with Crippen LogP contribution in [0.25, 0.3) is 0 Å². The van der Waals surface area contributed by atoms with E-state index in [9.17, 15) is 4.79 Å². The highest BCUT2D eigenvalue weighted by Gasteiger charge is 2.07. The van der Waals surface area contributed by atoms with Gasteiger partial charge in [-0.05, 0) is 20.3 Å². The van der Waals surface area contributed by atoms with Crippen molar-refractivity contribution >= 4 is 5.97 Å². The van der Waals surface area contributed by atoms with E-state index in [4.69, 9.17) is 4.74 Å². The lowest BCUT2D eigenvalue weighted by Crippen LogP contribution is -2.14. The average molecular weight is 210 g/mol. The molecule has 0 amide bonds. The van der Waals surface area contributed by atoms with Gasteiger partial charge in [0.2, 0.25) is 0 Å². The van der Waals surface area contributed by atoms with Gasteiger partial charge in [-0.1, -0.05) is 13.3 Å². The minimum absolute atomic E-state index is 0.191. The minimum atomic E-state index is -0.191. The van der Waals surface area contributed by atoms with Crippen LogP contribution in [0.1, 0.15) is 31.2 Å². The Morgan fingerprint density at radius 2 is 2.27 bits per heavy atom. The fourth-order valence-electron chi connectivity index (χ4n) is 1.22. The summed E-state index contributed by atoms with van der Waals surface area (Å²) >= 11 is 0. The fourth-order valence-corrected chi connectivity index (χ4v) is 1.22. The molecule has 0 atom stereocenters. The molecule has 0 saturated heterocycles. The van der Waals surface area contributed by atoms with Crippen molar-refractivity contribution in [2.45, 2.75) is 40.2 Å². The molecule has 0 fully saturated rings. The Hall–Kier alpha value is -1.32. The fraction of sp³-hybridized carbons (Fsp3) is 0.636. The van der Waals surface area contributed by atoms with Gasteiger partial charge in [-0.2, -0.15) is 0 Å². The van der Waals surface area contributed by atoms with E-state index >= 15 is 0 Å². The molecule has 1 rings (SSSR count). The topological polar surface area (TPSA) is 44.1 Å². The van der Waals surface area contributed by atoms with E-state index in [-0.39, 0.29) is 12.5 Å². The van der Waals surface area contributed by atoms with Gasteiger partial charge in [0.05, 0.1) is 18.6 Å². The Balaban J connectivity index is 2.41. The van der Waals surface area contributed by atoms with E-state index in [1.165, 1.54) is 0 Å². The van der Waals surface area contributed by atoms with E-state index in [1.54, 1.807) is 6.33 Å². The van der Waals surface area contributed by atoms with Gasteiger partial charge in [0.25, 0.3) is 0 Å². The van der Waals surface area contributed by atoms with E-state index < -0.39 is 0 Å². The van der Waals surface area contributed by atoms with E-state index in [2.05, 4.69) is 11.9 Å². The summed E-state index contributed by atoms with van der Waals surface area (Å²) in [6.45, 7) is 6.71. The maximum absolute atomic E-state index is 11.4. The van der Waals surface area contributed by atoms with Crippen LogP contribution < -0.4 is 0 Å². The molecule has 4 nitrogen and oxygen atoms in total. The number of aryl methyl sites for hydroxylation is 1. The molecule has 0 aliphatic carbocycles. The molecule has 0 bridgehead atoms. The van der Waals surface area contributed by atoms with Crippen LogP contribution in [-0.4, -0.2) is 22.1 Å². The first kappa shape index (κ1) is 11.8. The molecule has 0 unspecified atom stereocenters. The number of aromatic nitrogens is 2. The number of carbonyl (C=O) groups is 1. The second kappa shape index (κ2) is 5.53. The molecule has 15 heavy (non-hydrogen) atoms. The third-order valence-corrected chi connectivity index (χ3v) is 2.41. The number of ether oxygens (including phenoxy) is 1. The zero-order valence-corrected chi connectivity index (χ0v) is 9.62. The van der Waals surface area contributed by atoms with Gasteiger partial charge >= 0.3 is 5.97 Å². The Bertz CT molecular complexity index is 331. The maximum atomic E-state index is 11.4. The van der Waals surface area contributed by atoms with E-state index in [0.29, 0.717) is 6.61 Å². The van der Waals surface area contributed by atoms with Gasteiger partial charge in [0.15, 0.2) is 0 Å². The predicted molar refractivity (Wildman–Crippen MR) is 57.6 cm³/mol. The smallest absolute Gasteiger partial charge is 0.325 e. The number of carbonyl (C=O) groups excluding carboxylic acids is 1. The molecule has 1 aromatic heterocycles. The summed E-state index contributed by atoms with van der Waals surface area (Å²) in [7, 11) is 0. The molecule has 0 saturated carbocycles. The highest BCUT2D eigenvalue weighted by molar-refractivity contribution is 5.69. The van der Waals surface area contributed by atoms with Crippen molar-refractivity contribution in [3.8, 4) is 0 Å². The molecular weight excluding hydrogens is 192 g/mol. The highest BCUT2D eigenvalue weighted by Crippen LogP contribution is 2.04. The monoisotopic (exact) mass is 210 g/mol.